The molecule has 22 heavy (non-hydrogen) atoms. The first-order chi connectivity index (χ1) is 10.5. The van der Waals surface area contributed by atoms with Crippen LogP contribution in [0.15, 0.2) is 23.1 Å². The lowest BCUT2D eigenvalue weighted by atomic mass is 10.1. The summed E-state index contributed by atoms with van der Waals surface area (Å²) in [5.41, 5.74) is -0.00289. The van der Waals surface area contributed by atoms with Crippen molar-refractivity contribution in [1.82, 2.24) is 9.62 Å². The van der Waals surface area contributed by atoms with Gasteiger partial charge in [0.15, 0.2) is 0 Å². The number of hydrogen-bond acceptors (Lipinski definition) is 5. The molecule has 0 radical (unpaired) electrons. The van der Waals surface area contributed by atoms with Crippen molar-refractivity contribution in [2.24, 2.45) is 0 Å². The molecule has 8 heteroatoms. The van der Waals surface area contributed by atoms with Crippen LogP contribution in [0.1, 0.15) is 12.0 Å². The molecule has 1 aromatic rings. The van der Waals surface area contributed by atoms with E-state index < -0.39 is 15.8 Å². The summed E-state index contributed by atoms with van der Waals surface area (Å²) in [6.07, 6.45) is 0.929. The second-order valence-corrected chi connectivity index (χ2v) is 7.47. The molecule has 2 saturated heterocycles. The summed E-state index contributed by atoms with van der Waals surface area (Å²) in [4.78, 5) is -0.174. The van der Waals surface area contributed by atoms with Crippen molar-refractivity contribution < 1.29 is 17.5 Å². The molecule has 3 rings (SSSR count). The summed E-state index contributed by atoms with van der Waals surface area (Å²) in [6, 6.07) is 5.28. The first-order valence-electron chi connectivity index (χ1n) is 7.03. The summed E-state index contributed by atoms with van der Waals surface area (Å²) in [5, 5.41) is 12.2. The zero-order chi connectivity index (χ0) is 15.7. The van der Waals surface area contributed by atoms with Crippen LogP contribution in [0, 0.1) is 17.1 Å². The van der Waals surface area contributed by atoms with E-state index in [-0.39, 0.29) is 22.5 Å². The van der Waals surface area contributed by atoms with Crippen LogP contribution in [0.3, 0.4) is 0 Å². The first kappa shape index (κ1) is 15.4. The van der Waals surface area contributed by atoms with E-state index in [1.165, 1.54) is 10.4 Å². The van der Waals surface area contributed by atoms with Gasteiger partial charge in [0.1, 0.15) is 5.82 Å². The highest BCUT2D eigenvalue weighted by Crippen LogP contribution is 2.24. The van der Waals surface area contributed by atoms with E-state index in [4.69, 9.17) is 10.00 Å². The molecule has 2 aliphatic heterocycles. The number of rotatable bonds is 4. The van der Waals surface area contributed by atoms with Gasteiger partial charge in [0, 0.05) is 31.8 Å². The molecule has 0 saturated carbocycles. The van der Waals surface area contributed by atoms with Gasteiger partial charge in [-0.25, -0.2) is 12.8 Å². The van der Waals surface area contributed by atoms with Crippen LogP contribution in [0.25, 0.3) is 0 Å². The predicted molar refractivity (Wildman–Crippen MR) is 76.0 cm³/mol. The van der Waals surface area contributed by atoms with Crippen molar-refractivity contribution in [1.29, 1.82) is 5.26 Å². The third-order valence-corrected chi connectivity index (χ3v) is 5.70. The summed E-state index contributed by atoms with van der Waals surface area (Å²) in [6.45, 7) is 2.07. The number of benzene rings is 1. The Kier molecular flexibility index (Phi) is 4.14. The topological polar surface area (TPSA) is 82.4 Å². The lowest BCUT2D eigenvalue weighted by Gasteiger charge is -2.39. The predicted octanol–water partition coefficient (Wildman–Crippen LogP) is 0.449. The van der Waals surface area contributed by atoms with E-state index in [1.54, 1.807) is 6.07 Å². The van der Waals surface area contributed by atoms with E-state index in [0.717, 1.165) is 25.2 Å². The van der Waals surface area contributed by atoms with Crippen LogP contribution in [0.2, 0.25) is 0 Å². The SMILES string of the molecule is N#Cc1cc(F)cc(S(=O)(=O)N2CC(NC3CCOC3)C2)c1. The molecular weight excluding hydrogens is 309 g/mol. The Morgan fingerprint density at radius 2 is 2.09 bits per heavy atom. The maximum absolute atomic E-state index is 13.4. The Morgan fingerprint density at radius 3 is 2.73 bits per heavy atom. The lowest BCUT2D eigenvalue weighted by molar-refractivity contribution is 0.172. The molecule has 0 bridgehead atoms. The summed E-state index contributed by atoms with van der Waals surface area (Å²) < 4.78 is 44.8. The van der Waals surface area contributed by atoms with Gasteiger partial charge < -0.3 is 10.1 Å². The fraction of sp³-hybridized carbons (Fsp3) is 0.500. The third kappa shape index (κ3) is 2.98. The van der Waals surface area contributed by atoms with Crippen LogP contribution < -0.4 is 5.32 Å². The van der Waals surface area contributed by atoms with Crippen molar-refractivity contribution >= 4 is 10.0 Å². The quantitative estimate of drug-likeness (QED) is 0.869. The van der Waals surface area contributed by atoms with E-state index in [9.17, 15) is 12.8 Å². The average molecular weight is 325 g/mol. The summed E-state index contributed by atoms with van der Waals surface area (Å²) in [5.74, 6) is -0.726. The van der Waals surface area contributed by atoms with Crippen LogP contribution in [-0.4, -0.2) is 51.1 Å². The molecule has 2 aliphatic rings. The molecule has 1 N–H and O–H groups in total. The monoisotopic (exact) mass is 325 g/mol. The van der Waals surface area contributed by atoms with Crippen molar-refractivity contribution in [2.45, 2.75) is 23.4 Å². The second-order valence-electron chi connectivity index (χ2n) is 5.53. The van der Waals surface area contributed by atoms with Crippen molar-refractivity contribution in [2.75, 3.05) is 26.3 Å². The van der Waals surface area contributed by atoms with Gasteiger partial charge in [-0.15, -0.1) is 0 Å². The molecule has 0 spiro atoms. The van der Waals surface area contributed by atoms with Crippen molar-refractivity contribution in [3.8, 4) is 6.07 Å². The molecule has 1 atom stereocenters. The van der Waals surface area contributed by atoms with Crippen LogP contribution in [-0.2, 0) is 14.8 Å². The number of nitrogens with zero attached hydrogens (tertiary/aromatic N) is 2. The standard InChI is InChI=1S/C14H16FN3O3S/c15-11-3-10(6-16)4-14(5-11)22(19,20)18-7-13(8-18)17-12-1-2-21-9-12/h3-5,12-13,17H,1-2,7-9H2. The van der Waals surface area contributed by atoms with Gasteiger partial charge in [-0.1, -0.05) is 0 Å². The highest BCUT2D eigenvalue weighted by Gasteiger charge is 2.38. The minimum Gasteiger partial charge on any atom is -0.380 e. The Bertz CT molecular complexity index is 705. The van der Waals surface area contributed by atoms with Crippen LogP contribution in [0.5, 0.6) is 0 Å². The lowest BCUT2D eigenvalue weighted by Crippen LogP contribution is -2.61. The van der Waals surface area contributed by atoms with Gasteiger partial charge in [-0.2, -0.15) is 9.57 Å². The Morgan fingerprint density at radius 1 is 1.32 bits per heavy atom. The number of nitrogens with one attached hydrogen (secondary N) is 1. The molecule has 2 heterocycles. The summed E-state index contributed by atoms with van der Waals surface area (Å²) in [7, 11) is -3.75. The van der Waals surface area contributed by atoms with Gasteiger partial charge in [-0.3, -0.25) is 0 Å². The third-order valence-electron chi connectivity index (χ3n) is 3.89. The van der Waals surface area contributed by atoms with Gasteiger partial charge in [0.25, 0.3) is 0 Å². The van der Waals surface area contributed by atoms with Gasteiger partial charge >= 0.3 is 0 Å². The Labute approximate surface area is 128 Å². The normalized spacial score (nSPS) is 23.2. The molecular formula is C14H16FN3O3S. The first-order valence-corrected chi connectivity index (χ1v) is 8.47. The largest absolute Gasteiger partial charge is 0.380 e. The van der Waals surface area contributed by atoms with E-state index in [0.29, 0.717) is 19.7 Å². The number of ether oxygens (including phenoxy) is 1. The Hall–Kier alpha value is -1.53. The fourth-order valence-corrected chi connectivity index (χ4v) is 4.25. The molecule has 6 nitrogen and oxygen atoms in total. The average Bonchev–Trinajstić information content (AvgIpc) is 2.94. The fourth-order valence-electron chi connectivity index (χ4n) is 2.66. The molecule has 1 unspecified atom stereocenters. The maximum atomic E-state index is 13.4. The Balaban J connectivity index is 1.67. The number of sulfonamides is 1. The van der Waals surface area contributed by atoms with Gasteiger partial charge in [0.05, 0.1) is 23.1 Å². The number of hydrogen-bond donors (Lipinski definition) is 1. The smallest absolute Gasteiger partial charge is 0.243 e. The molecule has 0 amide bonds. The van der Waals surface area contributed by atoms with Crippen molar-refractivity contribution in [3.05, 3.63) is 29.6 Å². The van der Waals surface area contributed by atoms with E-state index in [1.807, 2.05) is 0 Å². The number of nitriles is 1. The molecule has 0 aliphatic carbocycles. The summed E-state index contributed by atoms with van der Waals surface area (Å²) >= 11 is 0. The molecule has 2 fully saturated rings. The molecule has 118 valence electrons. The van der Waals surface area contributed by atoms with E-state index >= 15 is 0 Å². The zero-order valence-electron chi connectivity index (χ0n) is 11.8. The molecule has 1 aromatic carbocycles. The number of halogens is 1. The minimum absolute atomic E-state index is 0.00289. The zero-order valence-corrected chi connectivity index (χ0v) is 12.6. The highest BCUT2D eigenvalue weighted by molar-refractivity contribution is 7.89. The minimum atomic E-state index is -3.75. The van der Waals surface area contributed by atoms with Crippen molar-refractivity contribution in [3.63, 3.8) is 0 Å². The van der Waals surface area contributed by atoms with Crippen LogP contribution in [0.4, 0.5) is 4.39 Å². The highest BCUT2D eigenvalue weighted by atomic mass is 32.2. The van der Waals surface area contributed by atoms with Crippen LogP contribution >= 0.6 is 0 Å². The molecule has 0 aromatic heterocycles. The second kappa shape index (κ2) is 5.93. The maximum Gasteiger partial charge on any atom is 0.243 e. The van der Waals surface area contributed by atoms with Gasteiger partial charge in [-0.05, 0) is 24.6 Å². The van der Waals surface area contributed by atoms with E-state index in [2.05, 4.69) is 5.32 Å². The van der Waals surface area contributed by atoms with Gasteiger partial charge in [0.2, 0.25) is 10.0 Å².